The fourth-order valence-electron chi connectivity index (χ4n) is 2.02. The van der Waals surface area contributed by atoms with Crippen LogP contribution < -0.4 is 10.5 Å². The van der Waals surface area contributed by atoms with Crippen molar-refractivity contribution in [3.63, 3.8) is 0 Å². The first-order valence-corrected chi connectivity index (χ1v) is 8.49. The van der Waals surface area contributed by atoms with Crippen LogP contribution in [0.2, 0.25) is 0 Å². The standard InChI is InChI=1S/C12H16BrFN2O3S/c13-9-4-10(14)12(5-11(9)15)20(17,18)16-6-8-2-1-3-19-7-8/h4-5,8,16H,1-3,6-7,15H2. The van der Waals surface area contributed by atoms with E-state index in [-0.39, 0.29) is 18.2 Å². The maximum atomic E-state index is 13.8. The van der Waals surface area contributed by atoms with Crippen LogP contribution in [-0.4, -0.2) is 28.2 Å². The SMILES string of the molecule is Nc1cc(S(=O)(=O)NCC2CCCOC2)c(F)cc1Br. The molecule has 1 saturated heterocycles. The third kappa shape index (κ3) is 3.69. The minimum Gasteiger partial charge on any atom is -0.398 e. The number of halogens is 2. The molecule has 8 heteroatoms. The number of nitrogens with one attached hydrogen (secondary N) is 1. The van der Waals surface area contributed by atoms with Crippen molar-refractivity contribution in [2.45, 2.75) is 17.7 Å². The monoisotopic (exact) mass is 366 g/mol. The summed E-state index contributed by atoms with van der Waals surface area (Å²) < 4.78 is 46.0. The summed E-state index contributed by atoms with van der Waals surface area (Å²) in [6.07, 6.45) is 1.81. The average Bonchev–Trinajstić information content (AvgIpc) is 2.42. The second kappa shape index (κ2) is 6.38. The van der Waals surface area contributed by atoms with E-state index in [1.807, 2.05) is 0 Å². The lowest BCUT2D eigenvalue weighted by molar-refractivity contribution is 0.0568. The topological polar surface area (TPSA) is 81.4 Å². The fraction of sp³-hybridized carbons (Fsp3) is 0.500. The molecule has 0 radical (unpaired) electrons. The summed E-state index contributed by atoms with van der Waals surface area (Å²) in [5, 5.41) is 0. The highest BCUT2D eigenvalue weighted by Gasteiger charge is 2.23. The van der Waals surface area contributed by atoms with Gasteiger partial charge in [0.05, 0.1) is 6.61 Å². The highest BCUT2D eigenvalue weighted by Crippen LogP contribution is 2.26. The molecule has 5 nitrogen and oxygen atoms in total. The quantitative estimate of drug-likeness (QED) is 0.797. The Balaban J connectivity index is 2.11. The van der Waals surface area contributed by atoms with Gasteiger partial charge in [-0.15, -0.1) is 0 Å². The van der Waals surface area contributed by atoms with Gasteiger partial charge in [0.1, 0.15) is 10.7 Å². The van der Waals surface area contributed by atoms with E-state index in [1.165, 1.54) is 0 Å². The van der Waals surface area contributed by atoms with Crippen LogP contribution in [0, 0.1) is 11.7 Å². The molecule has 1 aromatic carbocycles. The van der Waals surface area contributed by atoms with Crippen LogP contribution >= 0.6 is 15.9 Å². The molecule has 1 aromatic rings. The second-order valence-electron chi connectivity index (χ2n) is 4.74. The van der Waals surface area contributed by atoms with Crippen molar-refractivity contribution in [1.29, 1.82) is 0 Å². The number of hydrogen-bond donors (Lipinski definition) is 2. The molecule has 112 valence electrons. The molecule has 0 bridgehead atoms. The fourth-order valence-corrected chi connectivity index (χ4v) is 3.55. The van der Waals surface area contributed by atoms with Crippen molar-refractivity contribution in [2.75, 3.05) is 25.5 Å². The zero-order valence-electron chi connectivity index (χ0n) is 10.7. The van der Waals surface area contributed by atoms with E-state index in [9.17, 15) is 12.8 Å². The molecule has 3 N–H and O–H groups in total. The third-order valence-electron chi connectivity index (χ3n) is 3.16. The lowest BCUT2D eigenvalue weighted by atomic mass is 10.0. The summed E-state index contributed by atoms with van der Waals surface area (Å²) >= 11 is 3.05. The average molecular weight is 367 g/mol. The Hall–Kier alpha value is -0.700. The number of hydrogen-bond acceptors (Lipinski definition) is 4. The van der Waals surface area contributed by atoms with E-state index in [0.717, 1.165) is 25.0 Å². The first-order valence-electron chi connectivity index (χ1n) is 6.22. The van der Waals surface area contributed by atoms with Gasteiger partial charge in [-0.05, 0) is 46.8 Å². The number of rotatable bonds is 4. The minimum atomic E-state index is -3.91. The normalized spacial score (nSPS) is 20.0. The van der Waals surface area contributed by atoms with Gasteiger partial charge in [0, 0.05) is 23.3 Å². The summed E-state index contributed by atoms with van der Waals surface area (Å²) in [7, 11) is -3.91. The van der Waals surface area contributed by atoms with Crippen molar-refractivity contribution in [1.82, 2.24) is 4.72 Å². The van der Waals surface area contributed by atoms with Crippen molar-refractivity contribution < 1.29 is 17.5 Å². The molecular weight excluding hydrogens is 351 g/mol. The van der Waals surface area contributed by atoms with Gasteiger partial charge in [-0.2, -0.15) is 0 Å². The van der Waals surface area contributed by atoms with E-state index >= 15 is 0 Å². The number of anilines is 1. The summed E-state index contributed by atoms with van der Waals surface area (Å²) in [6, 6.07) is 2.16. The Labute approximate surface area is 125 Å². The Morgan fingerprint density at radius 1 is 1.50 bits per heavy atom. The largest absolute Gasteiger partial charge is 0.398 e. The first kappa shape index (κ1) is 15.7. The van der Waals surface area contributed by atoms with Gasteiger partial charge in [0.15, 0.2) is 0 Å². The zero-order valence-corrected chi connectivity index (χ0v) is 13.1. The summed E-state index contributed by atoms with van der Waals surface area (Å²) in [5.74, 6) is -0.715. The van der Waals surface area contributed by atoms with Gasteiger partial charge >= 0.3 is 0 Å². The molecular formula is C12H16BrFN2O3S. The Kier molecular flexibility index (Phi) is 5.00. The highest BCUT2D eigenvalue weighted by atomic mass is 79.9. The van der Waals surface area contributed by atoms with Crippen molar-refractivity contribution in [2.24, 2.45) is 5.92 Å². The number of ether oxygens (including phenoxy) is 1. The molecule has 1 unspecified atom stereocenters. The zero-order chi connectivity index (χ0) is 14.8. The van der Waals surface area contributed by atoms with Gasteiger partial charge in [-0.3, -0.25) is 0 Å². The Morgan fingerprint density at radius 2 is 2.25 bits per heavy atom. The predicted molar refractivity (Wildman–Crippen MR) is 77.2 cm³/mol. The van der Waals surface area contributed by atoms with E-state index in [0.29, 0.717) is 17.7 Å². The number of sulfonamides is 1. The molecule has 0 saturated carbocycles. The van der Waals surface area contributed by atoms with Crippen LogP contribution in [0.15, 0.2) is 21.5 Å². The Bertz CT molecular complexity index is 589. The van der Waals surface area contributed by atoms with Gasteiger partial charge in [0.2, 0.25) is 10.0 Å². The molecule has 1 atom stereocenters. The van der Waals surface area contributed by atoms with Crippen LogP contribution in [0.3, 0.4) is 0 Å². The maximum Gasteiger partial charge on any atom is 0.243 e. The van der Waals surface area contributed by atoms with Crippen molar-refractivity contribution in [3.05, 3.63) is 22.4 Å². The van der Waals surface area contributed by atoms with Crippen LogP contribution in [0.5, 0.6) is 0 Å². The highest BCUT2D eigenvalue weighted by molar-refractivity contribution is 9.10. The molecule has 0 aliphatic carbocycles. The smallest absolute Gasteiger partial charge is 0.243 e. The maximum absolute atomic E-state index is 13.8. The lowest BCUT2D eigenvalue weighted by Crippen LogP contribution is -2.33. The van der Waals surface area contributed by atoms with Crippen LogP contribution in [-0.2, 0) is 14.8 Å². The Morgan fingerprint density at radius 3 is 2.90 bits per heavy atom. The van der Waals surface area contributed by atoms with Crippen molar-refractivity contribution >= 4 is 31.6 Å². The molecule has 0 aromatic heterocycles. The lowest BCUT2D eigenvalue weighted by Gasteiger charge is -2.22. The molecule has 1 aliphatic rings. The summed E-state index contributed by atoms with van der Waals surface area (Å²) in [5.41, 5.74) is 5.77. The van der Waals surface area contributed by atoms with E-state index in [4.69, 9.17) is 10.5 Å². The molecule has 2 rings (SSSR count). The van der Waals surface area contributed by atoms with Gasteiger partial charge in [-0.1, -0.05) is 0 Å². The van der Waals surface area contributed by atoms with Crippen LogP contribution in [0.4, 0.5) is 10.1 Å². The minimum absolute atomic E-state index is 0.120. The van der Waals surface area contributed by atoms with Crippen molar-refractivity contribution in [3.8, 4) is 0 Å². The van der Waals surface area contributed by atoms with E-state index in [1.54, 1.807) is 0 Å². The van der Waals surface area contributed by atoms with Gasteiger partial charge in [0.25, 0.3) is 0 Å². The number of nitrogen functional groups attached to an aromatic ring is 1. The molecule has 1 aliphatic heterocycles. The molecule has 20 heavy (non-hydrogen) atoms. The van der Waals surface area contributed by atoms with E-state index < -0.39 is 20.7 Å². The summed E-state index contributed by atoms with van der Waals surface area (Å²) in [6.45, 7) is 1.46. The first-order chi connectivity index (χ1) is 9.40. The number of nitrogens with two attached hydrogens (primary N) is 1. The van der Waals surface area contributed by atoms with Gasteiger partial charge < -0.3 is 10.5 Å². The van der Waals surface area contributed by atoms with Crippen LogP contribution in [0.25, 0.3) is 0 Å². The third-order valence-corrected chi connectivity index (χ3v) is 5.28. The molecule has 1 fully saturated rings. The summed E-state index contributed by atoms with van der Waals surface area (Å²) in [4.78, 5) is -0.435. The van der Waals surface area contributed by atoms with E-state index in [2.05, 4.69) is 20.7 Å². The van der Waals surface area contributed by atoms with Gasteiger partial charge in [-0.25, -0.2) is 17.5 Å². The molecule has 1 heterocycles. The molecule has 0 amide bonds. The number of benzene rings is 1. The second-order valence-corrected chi connectivity index (χ2v) is 7.33. The molecule has 0 spiro atoms. The predicted octanol–water partition coefficient (Wildman–Crippen LogP) is 1.88. The van der Waals surface area contributed by atoms with Crippen LogP contribution in [0.1, 0.15) is 12.8 Å².